The Bertz CT molecular complexity index is 1190. The van der Waals surface area contributed by atoms with Crippen molar-refractivity contribution in [3.8, 4) is 0 Å². The maximum Gasteiger partial charge on any atom is 0.231 e. The molecule has 4 N–H and O–H groups in total. The molecular formula is C22H24ClFN4O4S. The van der Waals surface area contributed by atoms with Crippen LogP contribution in [0.1, 0.15) is 35.2 Å². The van der Waals surface area contributed by atoms with Gasteiger partial charge in [0.05, 0.1) is 24.3 Å². The van der Waals surface area contributed by atoms with Crippen LogP contribution in [0.2, 0.25) is 5.02 Å². The van der Waals surface area contributed by atoms with E-state index in [0.717, 1.165) is 6.26 Å². The van der Waals surface area contributed by atoms with Crippen molar-refractivity contribution in [3.05, 3.63) is 70.0 Å². The van der Waals surface area contributed by atoms with E-state index in [2.05, 4.69) is 15.8 Å². The smallest absolute Gasteiger partial charge is 0.231 e. The maximum absolute atomic E-state index is 14.7. The third kappa shape index (κ3) is 6.75. The van der Waals surface area contributed by atoms with Gasteiger partial charge in [-0.05, 0) is 35.7 Å². The van der Waals surface area contributed by atoms with Gasteiger partial charge in [-0.3, -0.25) is 9.59 Å². The second-order valence-electron chi connectivity index (χ2n) is 7.93. The topological polar surface area (TPSA) is 131 Å². The van der Waals surface area contributed by atoms with Crippen LogP contribution in [-0.2, 0) is 25.8 Å². The number of rotatable bonds is 9. The summed E-state index contributed by atoms with van der Waals surface area (Å²) >= 11 is 6.04. The molecule has 0 aromatic heterocycles. The molecule has 0 bridgehead atoms. The van der Waals surface area contributed by atoms with Crippen LogP contribution in [0.25, 0.3) is 0 Å². The molecule has 0 spiro atoms. The van der Waals surface area contributed by atoms with Crippen LogP contribution in [0.15, 0.2) is 47.6 Å². The molecule has 33 heavy (non-hydrogen) atoms. The van der Waals surface area contributed by atoms with Gasteiger partial charge in [-0.15, -0.1) is 0 Å². The van der Waals surface area contributed by atoms with Gasteiger partial charge < -0.3 is 16.5 Å². The highest BCUT2D eigenvalue weighted by atomic mass is 35.5. The van der Waals surface area contributed by atoms with Crippen LogP contribution in [-0.4, -0.2) is 38.5 Å². The van der Waals surface area contributed by atoms with Crippen molar-refractivity contribution in [3.63, 3.8) is 0 Å². The van der Waals surface area contributed by atoms with E-state index in [1.807, 2.05) is 0 Å². The third-order valence-corrected chi connectivity index (χ3v) is 6.42. The zero-order valence-corrected chi connectivity index (χ0v) is 19.4. The number of hydrogen-bond acceptors (Lipinski definition) is 6. The van der Waals surface area contributed by atoms with Crippen LogP contribution in [0.3, 0.4) is 0 Å². The minimum Gasteiger partial charge on any atom is -0.370 e. The minimum absolute atomic E-state index is 0.0784. The zero-order valence-electron chi connectivity index (χ0n) is 17.8. The van der Waals surface area contributed by atoms with E-state index in [-0.39, 0.29) is 24.2 Å². The van der Waals surface area contributed by atoms with E-state index in [1.165, 1.54) is 24.4 Å². The Kier molecular flexibility index (Phi) is 7.70. The Labute approximate surface area is 196 Å². The molecular weight excluding hydrogens is 471 g/mol. The number of amides is 2. The summed E-state index contributed by atoms with van der Waals surface area (Å²) in [5.74, 6) is -2.60. The molecule has 0 aliphatic carbocycles. The van der Waals surface area contributed by atoms with Gasteiger partial charge in [-0.25, -0.2) is 12.8 Å². The quantitative estimate of drug-likeness (QED) is 0.491. The molecule has 2 unspecified atom stereocenters. The summed E-state index contributed by atoms with van der Waals surface area (Å²) in [7, 11) is -3.19. The van der Waals surface area contributed by atoms with E-state index in [0.29, 0.717) is 16.1 Å². The number of halogens is 2. The first kappa shape index (κ1) is 24.7. The van der Waals surface area contributed by atoms with Crippen LogP contribution in [0.5, 0.6) is 0 Å². The van der Waals surface area contributed by atoms with Gasteiger partial charge in [0, 0.05) is 23.1 Å². The fourth-order valence-electron chi connectivity index (χ4n) is 3.59. The molecule has 11 heteroatoms. The second kappa shape index (κ2) is 10.3. The van der Waals surface area contributed by atoms with E-state index in [9.17, 15) is 22.4 Å². The number of hydrazone groups is 1. The molecule has 8 nitrogen and oxygen atoms in total. The lowest BCUT2D eigenvalue weighted by molar-refractivity contribution is -0.124. The van der Waals surface area contributed by atoms with Crippen LogP contribution >= 0.6 is 11.6 Å². The fraction of sp³-hybridized carbons (Fsp3) is 0.318. The normalized spacial score (nSPS) is 18.5. The van der Waals surface area contributed by atoms with E-state index < -0.39 is 45.5 Å². The highest BCUT2D eigenvalue weighted by Gasteiger charge is 2.35. The van der Waals surface area contributed by atoms with Crippen LogP contribution < -0.4 is 16.5 Å². The Morgan fingerprint density at radius 3 is 2.70 bits per heavy atom. The number of nitrogens with zero attached hydrogens (tertiary/aromatic N) is 1. The summed E-state index contributed by atoms with van der Waals surface area (Å²) in [6.07, 6.45) is 2.56. The first-order chi connectivity index (χ1) is 15.5. The Hall–Kier alpha value is -2.98. The standard InChI is InChI=1S/C22H24ClFN4O4S/c1-33(31,32)8-7-13-5-6-18(24)16(9-13)21-17(12-26-28-21)22(30)27-19(11-20(25)29)14-3-2-4-15(23)10-14/h2-6,9-10,12,17,19,21,28H,7-8,11H2,1H3,(H2,25,29)(H,27,30)/t17?,19-,21?/m0/s1. The van der Waals surface area contributed by atoms with Crippen molar-refractivity contribution >= 4 is 39.5 Å². The van der Waals surface area contributed by atoms with Gasteiger partial charge >= 0.3 is 0 Å². The molecule has 2 aromatic rings. The summed E-state index contributed by atoms with van der Waals surface area (Å²) in [4.78, 5) is 24.7. The van der Waals surface area contributed by atoms with Gasteiger partial charge in [-0.1, -0.05) is 35.9 Å². The number of nitrogens with two attached hydrogens (primary N) is 1. The van der Waals surface area contributed by atoms with Crippen LogP contribution in [0, 0.1) is 11.7 Å². The van der Waals surface area contributed by atoms with E-state index in [4.69, 9.17) is 17.3 Å². The van der Waals surface area contributed by atoms with Crippen molar-refractivity contribution in [2.24, 2.45) is 16.8 Å². The summed E-state index contributed by atoms with van der Waals surface area (Å²) in [5.41, 5.74) is 9.51. The highest BCUT2D eigenvalue weighted by Crippen LogP contribution is 2.29. The predicted molar refractivity (Wildman–Crippen MR) is 124 cm³/mol. The Balaban J connectivity index is 1.82. The molecule has 1 aliphatic rings. The molecule has 2 amide bonds. The van der Waals surface area contributed by atoms with Crippen molar-refractivity contribution in [2.75, 3.05) is 12.0 Å². The average Bonchev–Trinajstić information content (AvgIpc) is 3.21. The fourth-order valence-corrected chi connectivity index (χ4v) is 4.39. The third-order valence-electron chi connectivity index (χ3n) is 5.24. The van der Waals surface area contributed by atoms with Gasteiger partial charge in [-0.2, -0.15) is 5.10 Å². The number of sulfone groups is 1. The molecule has 0 saturated carbocycles. The lowest BCUT2D eigenvalue weighted by atomic mass is 9.92. The number of nitrogens with one attached hydrogen (secondary N) is 2. The predicted octanol–water partition coefficient (Wildman–Crippen LogP) is 2.05. The number of hydrogen-bond donors (Lipinski definition) is 3. The summed E-state index contributed by atoms with van der Waals surface area (Å²) in [5, 5.41) is 7.16. The number of benzene rings is 2. The summed E-state index contributed by atoms with van der Waals surface area (Å²) in [6, 6.07) is 9.44. The van der Waals surface area contributed by atoms with E-state index in [1.54, 1.807) is 24.3 Å². The Morgan fingerprint density at radius 2 is 2.03 bits per heavy atom. The van der Waals surface area contributed by atoms with Crippen molar-refractivity contribution in [1.82, 2.24) is 10.7 Å². The summed E-state index contributed by atoms with van der Waals surface area (Å²) < 4.78 is 37.6. The first-order valence-corrected chi connectivity index (χ1v) is 12.6. The molecule has 1 aliphatic heterocycles. The largest absolute Gasteiger partial charge is 0.370 e. The summed E-state index contributed by atoms with van der Waals surface area (Å²) in [6.45, 7) is 0. The van der Waals surface area contributed by atoms with Gasteiger partial charge in [0.25, 0.3) is 0 Å². The second-order valence-corrected chi connectivity index (χ2v) is 10.6. The molecule has 3 rings (SSSR count). The number of primary amides is 1. The number of carbonyl (C=O) groups excluding carboxylic acids is 2. The molecule has 0 fully saturated rings. The molecule has 0 saturated heterocycles. The molecule has 1 heterocycles. The molecule has 2 aromatic carbocycles. The van der Waals surface area contributed by atoms with Gasteiger partial charge in [0.2, 0.25) is 11.8 Å². The average molecular weight is 495 g/mol. The lowest BCUT2D eigenvalue weighted by Crippen LogP contribution is -2.39. The monoisotopic (exact) mass is 494 g/mol. The lowest BCUT2D eigenvalue weighted by Gasteiger charge is -2.23. The number of carbonyl (C=O) groups is 2. The SMILES string of the molecule is CS(=O)(=O)CCc1ccc(F)c(C2NN=CC2C(=O)N[C@@H](CC(N)=O)c2cccc(Cl)c2)c1. The van der Waals surface area contributed by atoms with Crippen molar-refractivity contribution < 1.29 is 22.4 Å². The number of aryl methyl sites for hydroxylation is 1. The van der Waals surface area contributed by atoms with Gasteiger partial charge in [0.1, 0.15) is 21.6 Å². The molecule has 3 atom stereocenters. The van der Waals surface area contributed by atoms with Gasteiger partial charge in [0.15, 0.2) is 0 Å². The molecule has 176 valence electrons. The minimum atomic E-state index is -3.19. The Morgan fingerprint density at radius 1 is 1.27 bits per heavy atom. The van der Waals surface area contributed by atoms with Crippen molar-refractivity contribution in [1.29, 1.82) is 0 Å². The maximum atomic E-state index is 14.7. The highest BCUT2D eigenvalue weighted by molar-refractivity contribution is 7.90. The molecule has 0 radical (unpaired) electrons. The van der Waals surface area contributed by atoms with E-state index >= 15 is 0 Å². The first-order valence-electron chi connectivity index (χ1n) is 10.1. The zero-order chi connectivity index (χ0) is 24.2. The van der Waals surface area contributed by atoms with Crippen molar-refractivity contribution in [2.45, 2.75) is 24.9 Å². The van der Waals surface area contributed by atoms with Crippen LogP contribution in [0.4, 0.5) is 4.39 Å².